The van der Waals surface area contributed by atoms with Crippen LogP contribution in [0.25, 0.3) is 11.1 Å². The van der Waals surface area contributed by atoms with E-state index in [2.05, 4.69) is 17.1 Å². The molecule has 1 radical (unpaired) electrons. The molecule has 0 aliphatic carbocycles. The van der Waals surface area contributed by atoms with Gasteiger partial charge < -0.3 is 0 Å². The van der Waals surface area contributed by atoms with Crippen LogP contribution >= 0.6 is 0 Å². The summed E-state index contributed by atoms with van der Waals surface area (Å²) >= 11 is 0. The molecule has 0 spiro atoms. The summed E-state index contributed by atoms with van der Waals surface area (Å²) in [7, 11) is 0. The third-order valence-electron chi connectivity index (χ3n) is 1.76. The second-order valence-electron chi connectivity index (χ2n) is 2.69. The summed E-state index contributed by atoms with van der Waals surface area (Å²) in [5.74, 6) is 0. The van der Waals surface area contributed by atoms with Crippen LogP contribution in [0.15, 0.2) is 36.7 Å². The summed E-state index contributed by atoms with van der Waals surface area (Å²) in [4.78, 5) is 0. The van der Waals surface area contributed by atoms with Crippen LogP contribution in [0, 0.1) is 6.92 Å². The Morgan fingerprint density at radius 2 is 2.17 bits per heavy atom. The summed E-state index contributed by atoms with van der Waals surface area (Å²) in [6, 6.07) is 8.04. The highest BCUT2D eigenvalue weighted by molar-refractivity contribution is 5.62. The number of aromatic amines is 1. The van der Waals surface area contributed by atoms with Crippen molar-refractivity contribution in [3.63, 3.8) is 0 Å². The molecule has 1 aromatic carbocycles. The number of H-pyrrole nitrogens is 1. The maximum Gasteiger partial charge on any atom is 0.0565 e. The normalized spacial score (nSPS) is 10.1. The summed E-state index contributed by atoms with van der Waals surface area (Å²) in [6.07, 6.45) is 3.67. The quantitative estimate of drug-likeness (QED) is 0.675. The van der Waals surface area contributed by atoms with Gasteiger partial charge in [0.2, 0.25) is 0 Å². The lowest BCUT2D eigenvalue weighted by molar-refractivity contribution is 1.09. The first-order valence-electron chi connectivity index (χ1n) is 3.77. The summed E-state index contributed by atoms with van der Waals surface area (Å²) in [5.41, 5.74) is 3.27. The van der Waals surface area contributed by atoms with Crippen molar-refractivity contribution in [2.45, 2.75) is 0 Å². The van der Waals surface area contributed by atoms with Crippen LogP contribution in [-0.2, 0) is 0 Å². The molecule has 2 rings (SSSR count). The van der Waals surface area contributed by atoms with Gasteiger partial charge >= 0.3 is 0 Å². The molecule has 1 heterocycles. The van der Waals surface area contributed by atoms with E-state index in [1.807, 2.05) is 30.5 Å². The molecular weight excluding hydrogens is 148 g/mol. The zero-order valence-corrected chi connectivity index (χ0v) is 6.62. The third kappa shape index (κ3) is 1.23. The van der Waals surface area contributed by atoms with E-state index in [-0.39, 0.29) is 0 Å². The molecule has 2 nitrogen and oxygen atoms in total. The number of hydrogen-bond donors (Lipinski definition) is 1. The van der Waals surface area contributed by atoms with E-state index in [9.17, 15) is 0 Å². The molecular formula is C10H9N2. The van der Waals surface area contributed by atoms with Crippen LogP contribution in [0.1, 0.15) is 5.56 Å². The largest absolute Gasteiger partial charge is 0.285 e. The van der Waals surface area contributed by atoms with Crippen LogP contribution < -0.4 is 0 Å². The Bertz CT molecular complexity index is 363. The van der Waals surface area contributed by atoms with Gasteiger partial charge in [0.1, 0.15) is 0 Å². The van der Waals surface area contributed by atoms with Crippen LogP contribution in [0.4, 0.5) is 0 Å². The molecule has 0 aliphatic rings. The van der Waals surface area contributed by atoms with Crippen LogP contribution in [-0.4, -0.2) is 10.2 Å². The zero-order valence-electron chi connectivity index (χ0n) is 6.62. The van der Waals surface area contributed by atoms with Crippen LogP contribution in [0.5, 0.6) is 0 Å². The van der Waals surface area contributed by atoms with Crippen molar-refractivity contribution in [3.8, 4) is 11.1 Å². The number of nitrogens with zero attached hydrogens (tertiary/aromatic N) is 1. The first kappa shape index (κ1) is 7.10. The molecule has 12 heavy (non-hydrogen) atoms. The fourth-order valence-electron chi connectivity index (χ4n) is 1.16. The molecule has 0 bridgehead atoms. The summed E-state index contributed by atoms with van der Waals surface area (Å²) in [6.45, 7) is 3.86. The minimum absolute atomic E-state index is 1.02. The van der Waals surface area contributed by atoms with Gasteiger partial charge in [-0.2, -0.15) is 5.10 Å². The lowest BCUT2D eigenvalue weighted by Crippen LogP contribution is -1.75. The minimum Gasteiger partial charge on any atom is -0.285 e. The molecule has 0 amide bonds. The molecule has 1 aromatic heterocycles. The number of rotatable bonds is 1. The Morgan fingerprint density at radius 3 is 2.83 bits per heavy atom. The SMILES string of the molecule is [CH2]c1cccc(-c2cn[nH]c2)c1. The number of hydrogen-bond acceptors (Lipinski definition) is 1. The predicted molar refractivity (Wildman–Crippen MR) is 48.5 cm³/mol. The van der Waals surface area contributed by atoms with Crippen molar-refractivity contribution >= 4 is 0 Å². The van der Waals surface area contributed by atoms with Gasteiger partial charge in [-0.1, -0.05) is 24.3 Å². The second-order valence-corrected chi connectivity index (χ2v) is 2.69. The lowest BCUT2D eigenvalue weighted by atomic mass is 10.1. The Labute approximate surface area is 71.3 Å². The fourth-order valence-corrected chi connectivity index (χ4v) is 1.16. The van der Waals surface area contributed by atoms with Gasteiger partial charge in [-0.05, 0) is 18.1 Å². The van der Waals surface area contributed by atoms with Gasteiger partial charge in [-0.3, -0.25) is 5.10 Å². The predicted octanol–water partition coefficient (Wildman–Crippen LogP) is 2.26. The molecule has 0 fully saturated rings. The molecule has 2 aromatic rings. The Balaban J connectivity index is 2.48. The number of nitrogens with one attached hydrogen (secondary N) is 1. The zero-order chi connectivity index (χ0) is 8.39. The average Bonchev–Trinajstić information content (AvgIpc) is 2.56. The molecule has 0 atom stereocenters. The van der Waals surface area contributed by atoms with Crippen molar-refractivity contribution in [1.29, 1.82) is 0 Å². The van der Waals surface area contributed by atoms with Crippen LogP contribution in [0.2, 0.25) is 0 Å². The Hall–Kier alpha value is -1.57. The molecule has 0 unspecified atom stereocenters. The number of aromatic nitrogens is 2. The van der Waals surface area contributed by atoms with E-state index in [1.54, 1.807) is 6.20 Å². The first-order chi connectivity index (χ1) is 5.86. The monoisotopic (exact) mass is 157 g/mol. The number of benzene rings is 1. The van der Waals surface area contributed by atoms with E-state index < -0.39 is 0 Å². The molecule has 0 saturated heterocycles. The minimum atomic E-state index is 1.02. The molecule has 0 aliphatic heterocycles. The van der Waals surface area contributed by atoms with Gasteiger partial charge in [0.05, 0.1) is 6.20 Å². The van der Waals surface area contributed by atoms with Crippen molar-refractivity contribution in [1.82, 2.24) is 10.2 Å². The molecule has 59 valence electrons. The highest BCUT2D eigenvalue weighted by Gasteiger charge is 1.96. The standard InChI is InChI=1S/C10H9N2/c1-8-3-2-4-9(5-8)10-6-11-12-7-10/h2-7H,1H2,(H,11,12). The van der Waals surface area contributed by atoms with Crippen molar-refractivity contribution in [3.05, 3.63) is 49.1 Å². The van der Waals surface area contributed by atoms with E-state index in [4.69, 9.17) is 0 Å². The Kier molecular flexibility index (Phi) is 1.67. The average molecular weight is 157 g/mol. The highest BCUT2D eigenvalue weighted by atomic mass is 15.1. The molecule has 1 N–H and O–H groups in total. The maximum atomic E-state index is 3.88. The lowest BCUT2D eigenvalue weighted by Gasteiger charge is -1.96. The van der Waals surface area contributed by atoms with Crippen LogP contribution in [0.3, 0.4) is 0 Å². The fraction of sp³-hybridized carbons (Fsp3) is 0. The van der Waals surface area contributed by atoms with E-state index >= 15 is 0 Å². The van der Waals surface area contributed by atoms with E-state index in [0.717, 1.165) is 16.7 Å². The van der Waals surface area contributed by atoms with Gasteiger partial charge in [0, 0.05) is 11.8 Å². The van der Waals surface area contributed by atoms with E-state index in [1.165, 1.54) is 0 Å². The molecule has 0 saturated carbocycles. The van der Waals surface area contributed by atoms with Gasteiger partial charge in [-0.25, -0.2) is 0 Å². The second kappa shape index (κ2) is 2.81. The van der Waals surface area contributed by atoms with E-state index in [0.29, 0.717) is 0 Å². The highest BCUT2D eigenvalue weighted by Crippen LogP contribution is 2.17. The third-order valence-corrected chi connectivity index (χ3v) is 1.76. The van der Waals surface area contributed by atoms with Gasteiger partial charge in [-0.15, -0.1) is 0 Å². The van der Waals surface area contributed by atoms with Crippen molar-refractivity contribution in [2.24, 2.45) is 0 Å². The Morgan fingerprint density at radius 1 is 1.25 bits per heavy atom. The van der Waals surface area contributed by atoms with Gasteiger partial charge in [0.25, 0.3) is 0 Å². The molecule has 2 heteroatoms. The van der Waals surface area contributed by atoms with Crippen molar-refractivity contribution < 1.29 is 0 Å². The summed E-state index contributed by atoms with van der Waals surface area (Å²) < 4.78 is 0. The smallest absolute Gasteiger partial charge is 0.0565 e. The van der Waals surface area contributed by atoms with Crippen molar-refractivity contribution in [2.75, 3.05) is 0 Å². The topological polar surface area (TPSA) is 28.7 Å². The van der Waals surface area contributed by atoms with Gasteiger partial charge in [0.15, 0.2) is 0 Å². The maximum absolute atomic E-state index is 3.88. The summed E-state index contributed by atoms with van der Waals surface area (Å²) in [5, 5.41) is 6.66. The first-order valence-corrected chi connectivity index (χ1v) is 3.77.